The van der Waals surface area contributed by atoms with Gasteiger partial charge >= 0.3 is 0 Å². The second-order valence-electron chi connectivity index (χ2n) is 3.83. The monoisotopic (exact) mass is 210 g/mol. The van der Waals surface area contributed by atoms with E-state index in [9.17, 15) is 4.79 Å². The second-order valence-corrected chi connectivity index (χ2v) is 3.83. The molecule has 0 amide bonds. The van der Waals surface area contributed by atoms with Crippen LogP contribution >= 0.6 is 0 Å². The van der Waals surface area contributed by atoms with Gasteiger partial charge in [-0.3, -0.25) is 4.79 Å². The van der Waals surface area contributed by atoms with Crippen LogP contribution in [0.2, 0.25) is 0 Å². The summed E-state index contributed by atoms with van der Waals surface area (Å²) in [5, 5.41) is 0. The first-order valence-corrected chi connectivity index (χ1v) is 5.45. The van der Waals surface area contributed by atoms with Gasteiger partial charge in [-0.05, 0) is 18.1 Å². The SMILES string of the molecule is O=C1\C=C/C=C\C=C/C1Cc1ccccc1. The molecule has 1 aliphatic rings. The van der Waals surface area contributed by atoms with Crippen molar-refractivity contribution in [3.8, 4) is 0 Å². The van der Waals surface area contributed by atoms with E-state index in [0.717, 1.165) is 6.42 Å². The van der Waals surface area contributed by atoms with Crippen LogP contribution < -0.4 is 0 Å². The number of carbonyl (C=O) groups is 1. The Morgan fingerprint density at radius 2 is 1.69 bits per heavy atom. The van der Waals surface area contributed by atoms with E-state index in [1.807, 2.05) is 42.5 Å². The highest BCUT2D eigenvalue weighted by atomic mass is 16.1. The van der Waals surface area contributed by atoms with Gasteiger partial charge in [0.05, 0.1) is 0 Å². The van der Waals surface area contributed by atoms with Crippen molar-refractivity contribution in [3.05, 3.63) is 72.4 Å². The highest BCUT2D eigenvalue weighted by molar-refractivity contribution is 5.93. The van der Waals surface area contributed by atoms with E-state index in [2.05, 4.69) is 12.1 Å². The van der Waals surface area contributed by atoms with Crippen molar-refractivity contribution in [2.24, 2.45) is 5.92 Å². The highest BCUT2D eigenvalue weighted by Gasteiger charge is 2.13. The van der Waals surface area contributed by atoms with E-state index < -0.39 is 0 Å². The lowest BCUT2D eigenvalue weighted by molar-refractivity contribution is -0.116. The molecule has 0 heterocycles. The number of rotatable bonds is 2. The maximum atomic E-state index is 11.8. The molecule has 1 aromatic carbocycles. The Bertz CT molecular complexity index is 438. The van der Waals surface area contributed by atoms with Gasteiger partial charge < -0.3 is 0 Å². The first-order chi connectivity index (χ1) is 7.86. The van der Waals surface area contributed by atoms with Crippen molar-refractivity contribution in [1.82, 2.24) is 0 Å². The van der Waals surface area contributed by atoms with Crippen LogP contribution in [-0.2, 0) is 11.2 Å². The average Bonchev–Trinajstić information content (AvgIpc) is 2.30. The third-order valence-electron chi connectivity index (χ3n) is 2.60. The highest BCUT2D eigenvalue weighted by Crippen LogP contribution is 2.13. The normalized spacial score (nSPS) is 25.5. The molecular formula is C15H14O. The van der Waals surface area contributed by atoms with Crippen molar-refractivity contribution < 1.29 is 4.79 Å². The molecule has 0 bridgehead atoms. The smallest absolute Gasteiger partial charge is 0.162 e. The van der Waals surface area contributed by atoms with E-state index in [1.165, 1.54) is 5.56 Å². The standard InChI is InChI=1S/C15H14O/c16-15-11-7-2-1-6-10-14(15)12-13-8-4-3-5-9-13/h1-11,14H,12H2/b2-1-,10-6-,11-7-. The van der Waals surface area contributed by atoms with Gasteiger partial charge in [0.25, 0.3) is 0 Å². The molecule has 16 heavy (non-hydrogen) atoms. The number of hydrogen-bond donors (Lipinski definition) is 0. The summed E-state index contributed by atoms with van der Waals surface area (Å²) in [6, 6.07) is 10.1. The van der Waals surface area contributed by atoms with E-state index in [1.54, 1.807) is 12.2 Å². The van der Waals surface area contributed by atoms with E-state index in [0.29, 0.717) is 0 Å². The minimum Gasteiger partial charge on any atom is -0.294 e. The summed E-state index contributed by atoms with van der Waals surface area (Å²) in [6.07, 6.45) is 11.9. The number of allylic oxidation sites excluding steroid dienone is 6. The molecule has 1 heteroatoms. The van der Waals surface area contributed by atoms with Gasteiger partial charge in [0, 0.05) is 5.92 Å². The summed E-state index contributed by atoms with van der Waals surface area (Å²) < 4.78 is 0. The molecule has 0 fully saturated rings. The van der Waals surface area contributed by atoms with Crippen molar-refractivity contribution in [1.29, 1.82) is 0 Å². The fraction of sp³-hybridized carbons (Fsp3) is 0.133. The van der Waals surface area contributed by atoms with Crippen molar-refractivity contribution >= 4 is 5.78 Å². The van der Waals surface area contributed by atoms with Gasteiger partial charge in [-0.25, -0.2) is 0 Å². The Morgan fingerprint density at radius 3 is 2.50 bits per heavy atom. The average molecular weight is 210 g/mol. The second kappa shape index (κ2) is 5.26. The fourth-order valence-electron chi connectivity index (χ4n) is 1.73. The van der Waals surface area contributed by atoms with Crippen LogP contribution in [0.1, 0.15) is 5.56 Å². The molecule has 1 aromatic rings. The molecule has 0 aromatic heterocycles. The number of carbonyl (C=O) groups excluding carboxylic acids is 1. The Labute approximate surface area is 95.8 Å². The summed E-state index contributed by atoms with van der Waals surface area (Å²) in [5.74, 6) is 0.132. The van der Waals surface area contributed by atoms with Gasteiger partial charge in [0.1, 0.15) is 0 Å². The van der Waals surface area contributed by atoms with Crippen molar-refractivity contribution in [3.63, 3.8) is 0 Å². The minimum atomic E-state index is -0.0383. The molecule has 1 aliphatic carbocycles. The van der Waals surface area contributed by atoms with E-state index in [-0.39, 0.29) is 11.7 Å². The molecule has 1 nitrogen and oxygen atoms in total. The lowest BCUT2D eigenvalue weighted by Crippen LogP contribution is -2.12. The third-order valence-corrected chi connectivity index (χ3v) is 2.60. The van der Waals surface area contributed by atoms with Gasteiger partial charge in [0.15, 0.2) is 5.78 Å². The lowest BCUT2D eigenvalue weighted by atomic mass is 9.93. The predicted octanol–water partition coefficient (Wildman–Crippen LogP) is 3.10. The van der Waals surface area contributed by atoms with Crippen LogP contribution in [0.15, 0.2) is 66.8 Å². The minimum absolute atomic E-state index is 0.0383. The van der Waals surface area contributed by atoms with Gasteiger partial charge in [0.2, 0.25) is 0 Å². The first kappa shape index (κ1) is 10.6. The van der Waals surface area contributed by atoms with Crippen LogP contribution in [0.25, 0.3) is 0 Å². The molecule has 0 saturated carbocycles. The summed E-state index contributed by atoms with van der Waals surface area (Å²) in [5.41, 5.74) is 1.20. The molecule has 0 aliphatic heterocycles. The van der Waals surface area contributed by atoms with Gasteiger partial charge in [-0.15, -0.1) is 0 Å². The Balaban J connectivity index is 2.14. The maximum absolute atomic E-state index is 11.8. The lowest BCUT2D eigenvalue weighted by Gasteiger charge is -2.09. The first-order valence-electron chi connectivity index (χ1n) is 5.45. The molecule has 1 unspecified atom stereocenters. The Morgan fingerprint density at radius 1 is 0.938 bits per heavy atom. The number of benzene rings is 1. The summed E-state index contributed by atoms with van der Waals surface area (Å²) in [4.78, 5) is 11.8. The summed E-state index contributed by atoms with van der Waals surface area (Å²) in [7, 11) is 0. The predicted molar refractivity (Wildman–Crippen MR) is 66.1 cm³/mol. The largest absolute Gasteiger partial charge is 0.294 e. The zero-order valence-corrected chi connectivity index (χ0v) is 9.04. The molecular weight excluding hydrogens is 196 g/mol. The van der Waals surface area contributed by atoms with Crippen LogP contribution in [0.5, 0.6) is 0 Å². The van der Waals surface area contributed by atoms with Crippen LogP contribution in [0.3, 0.4) is 0 Å². The Hall–Kier alpha value is -1.89. The Kier molecular flexibility index (Phi) is 3.50. The topological polar surface area (TPSA) is 17.1 Å². The third kappa shape index (κ3) is 2.80. The van der Waals surface area contributed by atoms with Crippen LogP contribution in [-0.4, -0.2) is 5.78 Å². The van der Waals surface area contributed by atoms with Crippen LogP contribution in [0, 0.1) is 5.92 Å². The molecule has 2 rings (SSSR count). The van der Waals surface area contributed by atoms with Crippen molar-refractivity contribution in [2.75, 3.05) is 0 Å². The van der Waals surface area contributed by atoms with E-state index >= 15 is 0 Å². The molecule has 0 radical (unpaired) electrons. The molecule has 0 N–H and O–H groups in total. The zero-order chi connectivity index (χ0) is 11.2. The zero-order valence-electron chi connectivity index (χ0n) is 9.04. The quantitative estimate of drug-likeness (QED) is 0.733. The van der Waals surface area contributed by atoms with Gasteiger partial charge in [-0.1, -0.05) is 60.7 Å². The maximum Gasteiger partial charge on any atom is 0.162 e. The van der Waals surface area contributed by atoms with E-state index in [4.69, 9.17) is 0 Å². The summed E-state index contributed by atoms with van der Waals surface area (Å²) >= 11 is 0. The van der Waals surface area contributed by atoms with Gasteiger partial charge in [-0.2, -0.15) is 0 Å². The molecule has 80 valence electrons. The van der Waals surface area contributed by atoms with Crippen molar-refractivity contribution in [2.45, 2.75) is 6.42 Å². The van der Waals surface area contributed by atoms with Crippen LogP contribution in [0.4, 0.5) is 0 Å². The molecule has 1 atom stereocenters. The number of hydrogen-bond acceptors (Lipinski definition) is 1. The molecule has 0 saturated heterocycles. The molecule has 0 spiro atoms. The summed E-state index contributed by atoms with van der Waals surface area (Å²) in [6.45, 7) is 0. The number of ketones is 1. The fourth-order valence-corrected chi connectivity index (χ4v) is 1.73.